The van der Waals surface area contributed by atoms with Crippen molar-refractivity contribution in [3.63, 3.8) is 0 Å². The molecular weight excluding hydrogens is 693 g/mol. The van der Waals surface area contributed by atoms with Crippen molar-refractivity contribution in [2.75, 3.05) is 56.1 Å². The second kappa shape index (κ2) is 17.2. The van der Waals surface area contributed by atoms with Crippen LogP contribution in [0.15, 0.2) is 110 Å². The Morgan fingerprint density at radius 1 is 0.654 bits per heavy atom. The van der Waals surface area contributed by atoms with Gasteiger partial charge < -0.3 is 35.2 Å². The fraction of sp³-hybridized carbons (Fsp3) is 0.206. The molecule has 0 saturated carbocycles. The Morgan fingerprint density at radius 3 is 1.50 bits per heavy atom. The number of aryl methyl sites for hydroxylation is 1. The number of aromatic nitrogens is 3. The molecule has 0 aliphatic rings. The van der Waals surface area contributed by atoms with Crippen LogP contribution in [0.25, 0.3) is 0 Å². The molecule has 5 rings (SSSR count). The Morgan fingerprint density at radius 2 is 1.08 bits per heavy atom. The van der Waals surface area contributed by atoms with E-state index in [-0.39, 0.29) is 49.0 Å². The molecule has 5 aromatic rings. The van der Waals surface area contributed by atoms with Crippen LogP contribution in [0.2, 0.25) is 0 Å². The Bertz CT molecular complexity index is 2140. The minimum absolute atomic E-state index is 0.113. The molecule has 1 heterocycles. The van der Waals surface area contributed by atoms with E-state index in [1.165, 1.54) is 38.5 Å². The van der Waals surface area contributed by atoms with Gasteiger partial charge in [0.25, 0.3) is 10.1 Å². The van der Waals surface area contributed by atoms with Crippen molar-refractivity contribution in [2.24, 2.45) is 20.5 Å². The van der Waals surface area contributed by atoms with Crippen LogP contribution >= 0.6 is 0 Å². The smallest absolute Gasteiger partial charge is 0.294 e. The number of anilines is 5. The molecule has 17 nitrogen and oxygen atoms in total. The number of methoxy groups -OCH3 is 2. The quantitative estimate of drug-likeness (QED) is 0.0537. The maximum atomic E-state index is 11.3. The molecule has 0 aliphatic carbocycles. The zero-order valence-electron chi connectivity index (χ0n) is 28.4. The predicted octanol–water partition coefficient (Wildman–Crippen LogP) is 6.55. The van der Waals surface area contributed by atoms with Gasteiger partial charge in [-0.15, -0.1) is 0 Å². The summed E-state index contributed by atoms with van der Waals surface area (Å²) in [6, 6.07) is 23.1. The average molecular weight is 729 g/mol. The minimum Gasteiger partial charge on any atom is -0.494 e. The van der Waals surface area contributed by atoms with Gasteiger partial charge in [-0.1, -0.05) is 17.7 Å². The molecule has 1 aromatic heterocycles. The van der Waals surface area contributed by atoms with Crippen LogP contribution in [0.5, 0.6) is 11.5 Å². The van der Waals surface area contributed by atoms with Crippen molar-refractivity contribution < 1.29 is 32.7 Å². The van der Waals surface area contributed by atoms with Crippen molar-refractivity contribution in [3.8, 4) is 11.5 Å². The maximum Gasteiger partial charge on any atom is 0.294 e. The number of benzene rings is 4. The van der Waals surface area contributed by atoms with Gasteiger partial charge in [-0.05, 0) is 67.6 Å². The van der Waals surface area contributed by atoms with Gasteiger partial charge in [0.2, 0.25) is 17.8 Å². The maximum absolute atomic E-state index is 11.3. The lowest BCUT2D eigenvalue weighted by Crippen LogP contribution is -2.31. The van der Waals surface area contributed by atoms with Gasteiger partial charge in [0, 0.05) is 25.2 Å². The summed E-state index contributed by atoms with van der Waals surface area (Å²) in [6.07, 6.45) is 0. The van der Waals surface area contributed by atoms with E-state index in [0.29, 0.717) is 45.6 Å². The summed E-state index contributed by atoms with van der Waals surface area (Å²) in [7, 11) is -1.33. The third-order valence-corrected chi connectivity index (χ3v) is 8.11. The van der Waals surface area contributed by atoms with Crippen molar-refractivity contribution in [1.29, 1.82) is 0 Å². The summed E-state index contributed by atoms with van der Waals surface area (Å²) in [4.78, 5) is 15.0. The first-order valence-electron chi connectivity index (χ1n) is 15.7. The molecule has 0 saturated heterocycles. The number of nitrogens with one attached hydrogen (secondary N) is 2. The highest BCUT2D eigenvalue weighted by Crippen LogP contribution is 2.34. The molecule has 270 valence electrons. The van der Waals surface area contributed by atoms with Crippen LogP contribution in [-0.2, 0) is 10.1 Å². The van der Waals surface area contributed by atoms with Crippen LogP contribution < -0.4 is 25.0 Å². The fourth-order valence-corrected chi connectivity index (χ4v) is 5.11. The number of hydrogen-bond donors (Lipinski definition) is 5. The van der Waals surface area contributed by atoms with Gasteiger partial charge in [0.1, 0.15) is 11.5 Å². The lowest BCUT2D eigenvalue weighted by atomic mass is 10.2. The summed E-state index contributed by atoms with van der Waals surface area (Å²) in [5, 5.41) is 42.6. The normalized spacial score (nSPS) is 11.6. The minimum atomic E-state index is -4.33. The zero-order valence-corrected chi connectivity index (χ0v) is 29.2. The monoisotopic (exact) mass is 728 g/mol. The summed E-state index contributed by atoms with van der Waals surface area (Å²) >= 11 is 0. The number of azo groups is 2. The number of aliphatic hydroxyl groups is 2. The van der Waals surface area contributed by atoms with E-state index >= 15 is 0 Å². The molecule has 18 heteroatoms. The summed E-state index contributed by atoms with van der Waals surface area (Å²) in [5.74, 6) is 1.23. The van der Waals surface area contributed by atoms with Crippen LogP contribution in [0.3, 0.4) is 0 Å². The Balaban J connectivity index is 1.41. The van der Waals surface area contributed by atoms with E-state index in [0.717, 1.165) is 5.56 Å². The average Bonchev–Trinajstić information content (AvgIpc) is 3.14. The first-order chi connectivity index (χ1) is 25.1. The van der Waals surface area contributed by atoms with Crippen molar-refractivity contribution in [1.82, 2.24) is 15.0 Å². The van der Waals surface area contributed by atoms with E-state index in [1.54, 1.807) is 41.3 Å². The summed E-state index contributed by atoms with van der Waals surface area (Å²) < 4.78 is 43.0. The second-order valence-corrected chi connectivity index (χ2v) is 12.4. The molecular formula is C34H36N10O7S. The van der Waals surface area contributed by atoms with Crippen molar-refractivity contribution in [2.45, 2.75) is 11.8 Å². The molecule has 0 amide bonds. The van der Waals surface area contributed by atoms with Gasteiger partial charge in [0.15, 0.2) is 0 Å². The van der Waals surface area contributed by atoms with Crippen LogP contribution in [-0.4, -0.2) is 78.7 Å². The predicted molar refractivity (Wildman–Crippen MR) is 195 cm³/mol. The number of rotatable bonds is 16. The van der Waals surface area contributed by atoms with Crippen LogP contribution in [0.1, 0.15) is 5.56 Å². The van der Waals surface area contributed by atoms with E-state index in [9.17, 15) is 23.2 Å². The fourth-order valence-electron chi connectivity index (χ4n) is 4.63. The topological polar surface area (TPSA) is 229 Å². The zero-order chi connectivity index (χ0) is 37.1. The lowest BCUT2D eigenvalue weighted by Gasteiger charge is -2.22. The van der Waals surface area contributed by atoms with Gasteiger partial charge >= 0.3 is 0 Å². The van der Waals surface area contributed by atoms with Crippen LogP contribution in [0.4, 0.5) is 52.0 Å². The first-order valence-corrected chi connectivity index (χ1v) is 17.1. The van der Waals surface area contributed by atoms with Gasteiger partial charge in [-0.3, -0.25) is 4.55 Å². The van der Waals surface area contributed by atoms with Crippen LogP contribution in [0, 0.1) is 6.92 Å². The number of ether oxygens (including phenoxy) is 2. The van der Waals surface area contributed by atoms with Gasteiger partial charge in [-0.25, -0.2) is 0 Å². The van der Waals surface area contributed by atoms with Gasteiger partial charge in [-0.2, -0.15) is 43.8 Å². The Kier molecular flexibility index (Phi) is 12.3. The summed E-state index contributed by atoms with van der Waals surface area (Å²) in [5.41, 5.74) is 4.17. The molecule has 52 heavy (non-hydrogen) atoms. The van der Waals surface area contributed by atoms with Crippen molar-refractivity contribution >= 4 is 62.1 Å². The Hall–Kier alpha value is -6.08. The van der Waals surface area contributed by atoms with E-state index in [2.05, 4.69) is 46.0 Å². The summed E-state index contributed by atoms with van der Waals surface area (Å²) in [6.45, 7) is 1.87. The molecule has 0 aliphatic heterocycles. The number of aliphatic hydroxyl groups excluding tert-OH is 2. The molecule has 0 fully saturated rings. The molecule has 5 N–H and O–H groups in total. The molecule has 0 unspecified atom stereocenters. The largest absolute Gasteiger partial charge is 0.494 e. The lowest BCUT2D eigenvalue weighted by molar-refractivity contribution is 0.280. The van der Waals surface area contributed by atoms with E-state index < -0.39 is 10.1 Å². The standard InChI is InChI=1S/C34H36N10O7S/c1-22-4-6-23(7-5-22)40-42-25-10-14-28(30(20-25)50-2)35-32-37-33(39-34(38-32)44(16-18-45)17-19-46)36-29-15-11-26(21-31(29)51-3)43-41-24-8-12-27(13-9-24)52(47,48)49/h4-15,20-21,45-46H,16-19H2,1-3H3,(H,47,48,49)(H2,35,36,37,38,39). The molecule has 4 aromatic carbocycles. The first kappa shape index (κ1) is 37.2. The molecule has 0 radical (unpaired) electrons. The van der Waals surface area contributed by atoms with E-state index in [4.69, 9.17) is 9.47 Å². The highest BCUT2D eigenvalue weighted by atomic mass is 32.2. The molecule has 0 bridgehead atoms. The van der Waals surface area contributed by atoms with Gasteiger partial charge in [0.05, 0.1) is 66.5 Å². The molecule has 0 spiro atoms. The number of nitrogens with zero attached hydrogens (tertiary/aromatic N) is 8. The number of hydrogen-bond acceptors (Lipinski definition) is 16. The van der Waals surface area contributed by atoms with Crippen molar-refractivity contribution in [3.05, 3.63) is 90.5 Å². The molecule has 0 atom stereocenters. The highest BCUT2D eigenvalue weighted by Gasteiger charge is 2.17. The van der Waals surface area contributed by atoms with E-state index in [1.807, 2.05) is 31.2 Å². The third kappa shape index (κ3) is 10.0. The third-order valence-electron chi connectivity index (χ3n) is 7.24. The second-order valence-electron chi connectivity index (χ2n) is 10.9. The Labute approximate surface area is 299 Å². The highest BCUT2D eigenvalue weighted by molar-refractivity contribution is 7.85. The SMILES string of the molecule is COc1cc(N=Nc2ccc(C)cc2)ccc1Nc1nc(Nc2ccc(N=Nc3ccc(S(=O)(=O)O)cc3)cc2OC)nc(N(CCO)CCO)n1.